The topological polar surface area (TPSA) is 98.2 Å². The van der Waals surface area contributed by atoms with Crippen LogP contribution in [0.1, 0.15) is 10.8 Å². The molecule has 3 rings (SSSR count). The highest BCUT2D eigenvalue weighted by Crippen LogP contribution is 2.56. The van der Waals surface area contributed by atoms with E-state index in [0.29, 0.717) is 5.56 Å². The van der Waals surface area contributed by atoms with Crippen LogP contribution in [0.15, 0.2) is 24.3 Å². The molecule has 8 heteroatoms. The van der Waals surface area contributed by atoms with Crippen molar-refractivity contribution in [3.63, 3.8) is 0 Å². The lowest BCUT2D eigenvalue weighted by Gasteiger charge is -2.43. The number of hydrogen-bond donors (Lipinski definition) is 2. The van der Waals surface area contributed by atoms with E-state index in [1.165, 1.54) is 38.0 Å². The standard InChI is InChI=1S/C15H16N2O5S/c1-16-12(20)15(13(21)17(2)14(16)22)10(19)7-23-11(15)8-3-5-9(18)6-4-8/h3-6,10-11,18-19H,7H2,1-2H3. The lowest BCUT2D eigenvalue weighted by Crippen LogP contribution is -2.67. The zero-order chi connectivity index (χ0) is 16.9. The van der Waals surface area contributed by atoms with Crippen molar-refractivity contribution < 1.29 is 24.6 Å². The monoisotopic (exact) mass is 336 g/mol. The Morgan fingerprint density at radius 2 is 1.61 bits per heavy atom. The highest BCUT2D eigenvalue weighted by molar-refractivity contribution is 8.00. The molecule has 1 spiro atoms. The van der Waals surface area contributed by atoms with Crippen molar-refractivity contribution in [1.29, 1.82) is 0 Å². The van der Waals surface area contributed by atoms with E-state index in [1.807, 2.05) is 0 Å². The Morgan fingerprint density at radius 1 is 1.09 bits per heavy atom. The third-order valence-electron chi connectivity index (χ3n) is 4.45. The SMILES string of the molecule is CN1C(=O)N(C)C(=O)C2(C1=O)C(O)CSC2c1ccc(O)cc1. The van der Waals surface area contributed by atoms with Gasteiger partial charge in [-0.25, -0.2) is 4.79 Å². The lowest BCUT2D eigenvalue weighted by molar-refractivity contribution is -0.163. The summed E-state index contributed by atoms with van der Waals surface area (Å²) in [6.07, 6.45) is -1.19. The Morgan fingerprint density at radius 3 is 2.13 bits per heavy atom. The molecule has 0 saturated carbocycles. The van der Waals surface area contributed by atoms with Gasteiger partial charge in [-0.1, -0.05) is 12.1 Å². The number of imide groups is 2. The van der Waals surface area contributed by atoms with E-state index >= 15 is 0 Å². The molecule has 1 aromatic carbocycles. The zero-order valence-electron chi connectivity index (χ0n) is 12.6. The summed E-state index contributed by atoms with van der Waals surface area (Å²) in [5.74, 6) is -1.11. The molecule has 2 heterocycles. The maximum Gasteiger partial charge on any atom is 0.332 e. The van der Waals surface area contributed by atoms with Gasteiger partial charge in [-0.15, -0.1) is 11.8 Å². The van der Waals surface area contributed by atoms with Gasteiger partial charge < -0.3 is 10.2 Å². The summed E-state index contributed by atoms with van der Waals surface area (Å²) in [6.45, 7) is 0. The molecule has 0 radical (unpaired) electrons. The van der Waals surface area contributed by atoms with Gasteiger partial charge in [-0.05, 0) is 17.7 Å². The maximum absolute atomic E-state index is 12.8. The second-order valence-corrected chi connectivity index (χ2v) is 6.84. The van der Waals surface area contributed by atoms with Crippen molar-refractivity contribution in [2.24, 2.45) is 5.41 Å². The highest BCUT2D eigenvalue weighted by atomic mass is 32.2. The van der Waals surface area contributed by atoms with Crippen molar-refractivity contribution in [3.05, 3.63) is 29.8 Å². The number of aromatic hydroxyl groups is 1. The predicted molar refractivity (Wildman–Crippen MR) is 82.7 cm³/mol. The van der Waals surface area contributed by atoms with Crippen LogP contribution in [0.5, 0.6) is 5.75 Å². The van der Waals surface area contributed by atoms with Crippen LogP contribution in [0.2, 0.25) is 0 Å². The minimum atomic E-state index is -1.72. The molecule has 2 atom stereocenters. The molecule has 2 unspecified atom stereocenters. The first-order chi connectivity index (χ1) is 10.8. The summed E-state index contributed by atoms with van der Waals surface area (Å²) in [6, 6.07) is 5.45. The lowest BCUT2D eigenvalue weighted by atomic mass is 9.73. The summed E-state index contributed by atoms with van der Waals surface area (Å²) in [7, 11) is 2.61. The number of phenolic OH excluding ortho intramolecular Hbond substituents is 1. The van der Waals surface area contributed by atoms with Crippen LogP contribution in [-0.2, 0) is 9.59 Å². The molecule has 2 saturated heterocycles. The van der Waals surface area contributed by atoms with Crippen molar-refractivity contribution in [1.82, 2.24) is 9.80 Å². The van der Waals surface area contributed by atoms with Gasteiger partial charge in [0.2, 0.25) is 11.8 Å². The van der Waals surface area contributed by atoms with Gasteiger partial charge in [0.1, 0.15) is 5.75 Å². The fourth-order valence-electron chi connectivity index (χ4n) is 3.19. The largest absolute Gasteiger partial charge is 0.508 e. The predicted octanol–water partition coefficient (Wildman–Crippen LogP) is 0.578. The molecule has 0 aliphatic carbocycles. The van der Waals surface area contributed by atoms with Crippen LogP contribution >= 0.6 is 11.8 Å². The first-order valence-corrected chi connectivity index (χ1v) is 8.05. The number of rotatable bonds is 1. The van der Waals surface area contributed by atoms with E-state index in [2.05, 4.69) is 0 Å². The highest BCUT2D eigenvalue weighted by Gasteiger charge is 2.67. The molecule has 1 aromatic rings. The minimum absolute atomic E-state index is 0.0667. The zero-order valence-corrected chi connectivity index (χ0v) is 13.4. The number of aliphatic hydroxyl groups excluding tert-OH is 1. The molecular formula is C15H16N2O5S. The number of urea groups is 1. The number of nitrogens with zero attached hydrogens (tertiary/aromatic N) is 2. The van der Waals surface area contributed by atoms with Crippen molar-refractivity contribution in [2.75, 3.05) is 19.8 Å². The van der Waals surface area contributed by atoms with Crippen LogP contribution in [0, 0.1) is 5.41 Å². The van der Waals surface area contributed by atoms with E-state index in [9.17, 15) is 24.6 Å². The third kappa shape index (κ3) is 1.98. The van der Waals surface area contributed by atoms with Crippen LogP contribution < -0.4 is 0 Å². The number of amides is 4. The molecule has 23 heavy (non-hydrogen) atoms. The smallest absolute Gasteiger partial charge is 0.332 e. The Kier molecular flexibility index (Phi) is 3.61. The molecule has 122 valence electrons. The van der Waals surface area contributed by atoms with Gasteiger partial charge in [-0.3, -0.25) is 19.4 Å². The fraction of sp³-hybridized carbons (Fsp3) is 0.400. The Labute approximate surface area is 136 Å². The van der Waals surface area contributed by atoms with E-state index in [0.717, 1.165) is 9.80 Å². The first kappa shape index (κ1) is 15.8. The second-order valence-electron chi connectivity index (χ2n) is 5.70. The molecule has 0 bridgehead atoms. The Hall–Kier alpha value is -2.06. The van der Waals surface area contributed by atoms with Crippen molar-refractivity contribution >= 4 is 29.6 Å². The Bertz CT molecular complexity index is 666. The van der Waals surface area contributed by atoms with Crippen LogP contribution in [0.4, 0.5) is 4.79 Å². The Balaban J connectivity index is 2.15. The normalized spacial score (nSPS) is 27.2. The number of aliphatic hydroxyl groups is 1. The van der Waals surface area contributed by atoms with Gasteiger partial charge in [0, 0.05) is 19.8 Å². The van der Waals surface area contributed by atoms with Crippen LogP contribution in [0.3, 0.4) is 0 Å². The van der Waals surface area contributed by atoms with Gasteiger partial charge >= 0.3 is 6.03 Å². The number of barbiturate groups is 1. The van der Waals surface area contributed by atoms with Gasteiger partial charge in [-0.2, -0.15) is 0 Å². The number of phenols is 1. The average molecular weight is 336 g/mol. The molecule has 4 amide bonds. The molecule has 2 aliphatic rings. The van der Waals surface area contributed by atoms with Crippen LogP contribution in [-0.4, -0.2) is 63.8 Å². The molecule has 2 fully saturated rings. The number of carbonyl (C=O) groups excluding carboxylic acids is 3. The maximum atomic E-state index is 12.8. The fourth-order valence-corrected chi connectivity index (χ4v) is 4.80. The van der Waals surface area contributed by atoms with Crippen LogP contribution in [0.25, 0.3) is 0 Å². The van der Waals surface area contributed by atoms with Gasteiger partial charge in [0.25, 0.3) is 0 Å². The quantitative estimate of drug-likeness (QED) is 0.728. The minimum Gasteiger partial charge on any atom is -0.508 e. The molecule has 2 N–H and O–H groups in total. The second kappa shape index (κ2) is 5.24. The summed E-state index contributed by atoms with van der Waals surface area (Å²) in [4.78, 5) is 39.4. The number of thioether (sulfide) groups is 1. The van der Waals surface area contributed by atoms with Crippen molar-refractivity contribution in [3.8, 4) is 5.75 Å². The average Bonchev–Trinajstić information content (AvgIpc) is 2.89. The first-order valence-electron chi connectivity index (χ1n) is 7.00. The summed E-state index contributed by atoms with van der Waals surface area (Å²) >= 11 is 1.29. The molecular weight excluding hydrogens is 320 g/mol. The molecule has 2 aliphatic heterocycles. The summed E-state index contributed by atoms with van der Waals surface area (Å²) in [5, 5.41) is 19.3. The molecule has 7 nitrogen and oxygen atoms in total. The number of hydrogen-bond acceptors (Lipinski definition) is 6. The van der Waals surface area contributed by atoms with Gasteiger partial charge in [0.05, 0.1) is 11.4 Å². The van der Waals surface area contributed by atoms with E-state index in [-0.39, 0.29) is 11.5 Å². The summed E-state index contributed by atoms with van der Waals surface area (Å²) in [5.41, 5.74) is -1.08. The molecule has 0 aromatic heterocycles. The third-order valence-corrected chi connectivity index (χ3v) is 5.93. The number of carbonyl (C=O) groups is 3. The van der Waals surface area contributed by atoms with E-state index in [4.69, 9.17) is 0 Å². The summed E-state index contributed by atoms with van der Waals surface area (Å²) < 4.78 is 0. The van der Waals surface area contributed by atoms with Crippen molar-refractivity contribution in [2.45, 2.75) is 11.4 Å². The van der Waals surface area contributed by atoms with E-state index in [1.54, 1.807) is 12.1 Å². The van der Waals surface area contributed by atoms with E-state index < -0.39 is 34.6 Å². The number of benzene rings is 1. The van der Waals surface area contributed by atoms with Gasteiger partial charge in [0.15, 0.2) is 5.41 Å².